The van der Waals surface area contributed by atoms with Crippen molar-refractivity contribution in [2.75, 3.05) is 19.5 Å². The minimum Gasteiger partial charge on any atom is -0.495 e. The second-order valence-corrected chi connectivity index (χ2v) is 6.16. The molecule has 0 fully saturated rings. The summed E-state index contributed by atoms with van der Waals surface area (Å²) in [6.45, 7) is 3.35. The van der Waals surface area contributed by atoms with Crippen LogP contribution in [0.2, 0.25) is 0 Å². The van der Waals surface area contributed by atoms with E-state index in [4.69, 9.17) is 15.6 Å². The van der Waals surface area contributed by atoms with Gasteiger partial charge in [0.1, 0.15) is 10.6 Å². The Kier molecular flexibility index (Phi) is 5.16. The highest BCUT2D eigenvalue weighted by Crippen LogP contribution is 2.26. The van der Waals surface area contributed by atoms with Crippen LogP contribution >= 0.6 is 0 Å². The third kappa shape index (κ3) is 3.82. The number of anilines is 1. The molecule has 0 heterocycles. The number of nitrogens with one attached hydrogen (secondary N) is 1. The maximum absolute atomic E-state index is 12.3. The fourth-order valence-electron chi connectivity index (χ4n) is 1.49. The zero-order valence-electron chi connectivity index (χ0n) is 11.3. The number of nitrogens with two attached hydrogens (primary N) is 1. The van der Waals surface area contributed by atoms with Crippen molar-refractivity contribution in [3.05, 3.63) is 18.2 Å². The predicted octanol–water partition coefficient (Wildman–Crippen LogP) is 0.573. The molecule has 0 saturated heterocycles. The van der Waals surface area contributed by atoms with Crippen molar-refractivity contribution in [2.45, 2.75) is 24.8 Å². The maximum atomic E-state index is 12.3. The largest absolute Gasteiger partial charge is 0.495 e. The van der Waals surface area contributed by atoms with Gasteiger partial charge >= 0.3 is 0 Å². The number of benzene rings is 1. The molecule has 0 saturated carbocycles. The Balaban J connectivity index is 3.10. The Bertz CT molecular complexity index is 531. The first-order valence-corrected chi connectivity index (χ1v) is 7.37. The summed E-state index contributed by atoms with van der Waals surface area (Å²) in [5.74, 6) is 0.0346. The zero-order chi connectivity index (χ0) is 14.6. The third-order valence-corrected chi connectivity index (χ3v) is 4.54. The van der Waals surface area contributed by atoms with Crippen molar-refractivity contribution >= 4 is 15.7 Å². The molecule has 0 aliphatic rings. The molecule has 0 aliphatic heterocycles. The molecule has 0 radical (unpaired) electrons. The SMILES string of the molecule is COc1ccc(N)cc1S(=O)(=O)NC(C)C(C)CO. The molecule has 0 amide bonds. The minimum absolute atomic E-state index is 0.00742. The van der Waals surface area contributed by atoms with E-state index in [1.807, 2.05) is 0 Å². The molecule has 0 aliphatic carbocycles. The molecule has 1 rings (SSSR count). The number of sulfonamides is 1. The normalized spacial score (nSPS) is 14.9. The van der Waals surface area contributed by atoms with Crippen molar-refractivity contribution in [3.8, 4) is 5.75 Å². The van der Waals surface area contributed by atoms with Gasteiger partial charge in [-0.25, -0.2) is 13.1 Å². The maximum Gasteiger partial charge on any atom is 0.244 e. The Morgan fingerprint density at radius 3 is 2.58 bits per heavy atom. The average Bonchev–Trinajstić information content (AvgIpc) is 2.37. The fourth-order valence-corrected chi connectivity index (χ4v) is 3.04. The molecule has 4 N–H and O–H groups in total. The minimum atomic E-state index is -3.75. The lowest BCUT2D eigenvalue weighted by Crippen LogP contribution is -2.38. The van der Waals surface area contributed by atoms with Crippen LogP contribution < -0.4 is 15.2 Å². The highest BCUT2D eigenvalue weighted by Gasteiger charge is 2.24. The second-order valence-electron chi connectivity index (χ2n) is 4.48. The molecular weight excluding hydrogens is 268 g/mol. The van der Waals surface area contributed by atoms with Gasteiger partial charge in [0, 0.05) is 18.3 Å². The second kappa shape index (κ2) is 6.23. The van der Waals surface area contributed by atoms with Crippen molar-refractivity contribution in [1.82, 2.24) is 4.72 Å². The van der Waals surface area contributed by atoms with Gasteiger partial charge < -0.3 is 15.6 Å². The van der Waals surface area contributed by atoms with Crippen molar-refractivity contribution in [3.63, 3.8) is 0 Å². The summed E-state index contributed by atoms with van der Waals surface area (Å²) < 4.78 is 32.1. The summed E-state index contributed by atoms with van der Waals surface area (Å²) in [6.07, 6.45) is 0. The molecule has 6 nitrogen and oxygen atoms in total. The molecule has 2 unspecified atom stereocenters. The highest BCUT2D eigenvalue weighted by molar-refractivity contribution is 7.89. The van der Waals surface area contributed by atoms with E-state index in [-0.39, 0.29) is 23.2 Å². The first kappa shape index (κ1) is 15.7. The van der Waals surface area contributed by atoms with Gasteiger partial charge in [0.2, 0.25) is 10.0 Å². The number of aliphatic hydroxyl groups excluding tert-OH is 1. The summed E-state index contributed by atoms with van der Waals surface area (Å²) in [4.78, 5) is -0.00742. The van der Waals surface area contributed by atoms with Gasteiger partial charge in [0.05, 0.1) is 7.11 Å². The number of hydrogen-bond donors (Lipinski definition) is 3. The molecular formula is C12H20N2O4S. The molecule has 0 bridgehead atoms. The van der Waals surface area contributed by atoms with Crippen LogP contribution in [0, 0.1) is 5.92 Å². The molecule has 7 heteroatoms. The summed E-state index contributed by atoms with van der Waals surface area (Å²) >= 11 is 0. The Morgan fingerprint density at radius 1 is 1.42 bits per heavy atom. The van der Waals surface area contributed by atoms with Gasteiger partial charge in [0.25, 0.3) is 0 Å². The fraction of sp³-hybridized carbons (Fsp3) is 0.500. The summed E-state index contributed by atoms with van der Waals surface area (Å²) in [5, 5.41) is 9.04. The van der Waals surface area contributed by atoms with Gasteiger partial charge in [-0.1, -0.05) is 6.92 Å². The topological polar surface area (TPSA) is 102 Å². The number of nitrogen functional groups attached to an aromatic ring is 1. The van der Waals surface area contributed by atoms with Gasteiger partial charge in [-0.3, -0.25) is 0 Å². The van der Waals surface area contributed by atoms with Crippen molar-refractivity contribution < 1.29 is 18.3 Å². The van der Waals surface area contributed by atoms with Gasteiger partial charge in [0.15, 0.2) is 0 Å². The van der Waals surface area contributed by atoms with E-state index in [0.717, 1.165) is 0 Å². The van der Waals surface area contributed by atoms with Crippen LogP contribution in [-0.4, -0.2) is 33.3 Å². The van der Waals surface area contributed by atoms with Crippen molar-refractivity contribution in [2.24, 2.45) is 5.92 Å². The summed E-state index contributed by atoms with van der Waals surface area (Å²) in [6, 6.07) is 4.01. The standard InChI is InChI=1S/C12H20N2O4S/c1-8(7-15)9(2)14-19(16,17)12-6-10(13)4-5-11(12)18-3/h4-6,8-9,14-15H,7,13H2,1-3H3. The molecule has 108 valence electrons. The number of methoxy groups -OCH3 is 1. The summed E-state index contributed by atoms with van der Waals surface area (Å²) in [7, 11) is -2.35. The van der Waals surface area contributed by atoms with E-state index in [0.29, 0.717) is 5.69 Å². The number of hydrogen-bond acceptors (Lipinski definition) is 5. The Hall–Kier alpha value is -1.31. The van der Waals surface area contributed by atoms with Crippen LogP contribution in [0.3, 0.4) is 0 Å². The number of rotatable bonds is 6. The van der Waals surface area contributed by atoms with Crippen LogP contribution in [-0.2, 0) is 10.0 Å². The third-order valence-electron chi connectivity index (χ3n) is 2.96. The lowest BCUT2D eigenvalue weighted by atomic mass is 10.1. The first-order valence-electron chi connectivity index (χ1n) is 5.88. The Labute approximate surface area is 113 Å². The summed E-state index contributed by atoms with van der Waals surface area (Å²) in [5.41, 5.74) is 5.94. The number of aliphatic hydroxyl groups is 1. The van der Waals surface area contributed by atoms with E-state index in [9.17, 15) is 8.42 Å². The monoisotopic (exact) mass is 288 g/mol. The smallest absolute Gasteiger partial charge is 0.244 e. The van der Waals surface area contributed by atoms with Crippen molar-refractivity contribution in [1.29, 1.82) is 0 Å². The van der Waals surface area contributed by atoms with Crippen LogP contribution in [0.1, 0.15) is 13.8 Å². The molecule has 19 heavy (non-hydrogen) atoms. The van der Waals surface area contributed by atoms with Crippen LogP contribution in [0.25, 0.3) is 0 Å². The molecule has 0 spiro atoms. The van der Waals surface area contributed by atoms with E-state index in [2.05, 4.69) is 4.72 Å². The zero-order valence-corrected chi connectivity index (χ0v) is 12.1. The molecule has 1 aromatic carbocycles. The lowest BCUT2D eigenvalue weighted by molar-refractivity contribution is 0.216. The first-order chi connectivity index (χ1) is 8.81. The number of ether oxygens (including phenoxy) is 1. The molecule has 0 aromatic heterocycles. The Morgan fingerprint density at radius 2 is 2.05 bits per heavy atom. The lowest BCUT2D eigenvalue weighted by Gasteiger charge is -2.20. The van der Waals surface area contributed by atoms with Crippen LogP contribution in [0.15, 0.2) is 23.1 Å². The van der Waals surface area contributed by atoms with E-state index < -0.39 is 16.1 Å². The van der Waals surface area contributed by atoms with E-state index in [1.165, 1.54) is 19.2 Å². The van der Waals surface area contributed by atoms with E-state index in [1.54, 1.807) is 19.9 Å². The van der Waals surface area contributed by atoms with Crippen LogP contribution in [0.4, 0.5) is 5.69 Å². The molecule has 2 atom stereocenters. The van der Waals surface area contributed by atoms with Gasteiger partial charge in [-0.05, 0) is 31.0 Å². The average molecular weight is 288 g/mol. The quantitative estimate of drug-likeness (QED) is 0.664. The van der Waals surface area contributed by atoms with Crippen LogP contribution in [0.5, 0.6) is 5.75 Å². The van der Waals surface area contributed by atoms with Gasteiger partial charge in [-0.2, -0.15) is 0 Å². The van der Waals surface area contributed by atoms with E-state index >= 15 is 0 Å². The predicted molar refractivity (Wildman–Crippen MR) is 73.4 cm³/mol. The van der Waals surface area contributed by atoms with Gasteiger partial charge in [-0.15, -0.1) is 0 Å². The highest BCUT2D eigenvalue weighted by atomic mass is 32.2. The molecule has 1 aromatic rings.